The van der Waals surface area contributed by atoms with E-state index in [0.717, 1.165) is 27.2 Å². The van der Waals surface area contributed by atoms with Crippen LogP contribution in [0.2, 0.25) is 0 Å². The maximum atomic E-state index is 13.7. The molecule has 0 aliphatic heterocycles. The van der Waals surface area contributed by atoms with Gasteiger partial charge in [0.2, 0.25) is 0 Å². The third-order valence-corrected chi connectivity index (χ3v) is 5.24. The maximum Gasteiger partial charge on any atom is 1.00 e. The zero-order valence-corrected chi connectivity index (χ0v) is 17.7. The molecule has 0 heterocycles. The van der Waals surface area contributed by atoms with Crippen molar-refractivity contribution >= 4 is 34.0 Å². The van der Waals surface area contributed by atoms with E-state index < -0.39 is 16.8 Å². The molecule has 2 aromatic carbocycles. The average molecular weight is 379 g/mol. The molecule has 6 heteroatoms. The van der Waals surface area contributed by atoms with E-state index >= 15 is 0 Å². The van der Waals surface area contributed by atoms with E-state index in [1.54, 1.807) is 24.5 Å². The molecule has 0 saturated heterocycles. The third kappa shape index (κ3) is 4.23. The summed E-state index contributed by atoms with van der Waals surface area (Å²) in [5, 5.41) is 9.17. The van der Waals surface area contributed by atoms with E-state index in [2.05, 4.69) is 0 Å². The van der Waals surface area contributed by atoms with Crippen LogP contribution in [0.25, 0.3) is 17.2 Å². The van der Waals surface area contributed by atoms with Crippen LogP contribution < -0.4 is 29.6 Å². The van der Waals surface area contributed by atoms with Crippen LogP contribution in [-0.4, -0.2) is 21.5 Å². The quantitative estimate of drug-likeness (QED) is 0.817. The van der Waals surface area contributed by atoms with E-state index in [0.29, 0.717) is 11.1 Å². The minimum Gasteiger partial charge on any atom is -0.481 e. The predicted octanol–water partition coefficient (Wildman–Crippen LogP) is 1.37. The molecule has 1 aliphatic rings. The summed E-state index contributed by atoms with van der Waals surface area (Å²) in [5.74, 6) is -1.33. The summed E-state index contributed by atoms with van der Waals surface area (Å²) in [4.78, 5) is 11.9. The van der Waals surface area contributed by atoms with Crippen molar-refractivity contribution in [1.29, 1.82) is 0 Å². The van der Waals surface area contributed by atoms with Crippen LogP contribution in [0.4, 0.5) is 4.39 Å². The second kappa shape index (κ2) is 8.44. The molecule has 0 amide bonds. The number of benzene rings is 2. The molecule has 1 aliphatic carbocycles. The standard InChI is InChI=1S/C20H17FO3S.Na/c1-12-17(9-13-3-6-15(7-4-13)25(2)24)16-8-5-14(21)10-19(16)18(12)11-20(22)23;/h3-10H,11H2,1-2H3,(H,22,23);/q;+1/b17-9+;. The van der Waals surface area contributed by atoms with Crippen molar-refractivity contribution in [2.45, 2.75) is 18.2 Å². The minimum absolute atomic E-state index is 0. The van der Waals surface area contributed by atoms with Gasteiger partial charge in [-0.3, -0.25) is 9.00 Å². The molecule has 0 bridgehead atoms. The number of allylic oxidation sites excluding steroid dienone is 2. The maximum absolute atomic E-state index is 13.7. The molecule has 0 spiro atoms. The van der Waals surface area contributed by atoms with Gasteiger partial charge in [-0.1, -0.05) is 18.2 Å². The molecule has 3 rings (SSSR count). The number of carboxylic acid groups (broad SMARTS) is 1. The molecule has 1 unspecified atom stereocenters. The van der Waals surface area contributed by atoms with Crippen LogP contribution in [-0.2, 0) is 15.6 Å². The molecule has 0 radical (unpaired) electrons. The summed E-state index contributed by atoms with van der Waals surface area (Å²) < 4.78 is 25.1. The first-order valence-corrected chi connectivity index (χ1v) is 9.30. The number of hydrogen-bond donors (Lipinski definition) is 1. The molecule has 2 aromatic rings. The fraction of sp³-hybridized carbons (Fsp3) is 0.150. The molecule has 1 atom stereocenters. The average Bonchev–Trinajstić information content (AvgIpc) is 2.80. The summed E-state index contributed by atoms with van der Waals surface area (Å²) in [7, 11) is -1.04. The molecule has 0 fully saturated rings. The molecule has 0 aromatic heterocycles. The zero-order valence-electron chi connectivity index (χ0n) is 14.9. The Hall–Kier alpha value is -1.53. The molecule has 128 valence electrons. The van der Waals surface area contributed by atoms with Crippen LogP contribution in [0.5, 0.6) is 0 Å². The fourth-order valence-electron chi connectivity index (χ4n) is 3.05. The Morgan fingerprint density at radius 3 is 2.38 bits per heavy atom. The van der Waals surface area contributed by atoms with Crippen molar-refractivity contribution < 1.29 is 48.1 Å². The molecular formula is C20H17FNaO3S+. The normalized spacial score (nSPS) is 15.6. The van der Waals surface area contributed by atoms with Crippen molar-refractivity contribution in [3.8, 4) is 0 Å². The summed E-state index contributed by atoms with van der Waals surface area (Å²) in [5.41, 5.74) is 4.74. The van der Waals surface area contributed by atoms with Crippen LogP contribution in [0.3, 0.4) is 0 Å². The Kier molecular flexibility index (Phi) is 6.74. The van der Waals surface area contributed by atoms with Gasteiger partial charge in [0.05, 0.1) is 6.42 Å². The van der Waals surface area contributed by atoms with Crippen LogP contribution in [0, 0.1) is 5.82 Å². The van der Waals surface area contributed by atoms with Crippen molar-refractivity contribution in [3.05, 3.63) is 70.5 Å². The molecule has 0 saturated carbocycles. The van der Waals surface area contributed by atoms with E-state index in [-0.39, 0.29) is 41.8 Å². The van der Waals surface area contributed by atoms with Crippen molar-refractivity contribution in [2.24, 2.45) is 0 Å². The Morgan fingerprint density at radius 2 is 1.81 bits per heavy atom. The third-order valence-electron chi connectivity index (χ3n) is 4.30. The Balaban J connectivity index is 0.00000243. The predicted molar refractivity (Wildman–Crippen MR) is 97.9 cm³/mol. The fourth-order valence-corrected chi connectivity index (χ4v) is 3.57. The number of halogens is 1. The van der Waals surface area contributed by atoms with Gasteiger partial charge >= 0.3 is 35.5 Å². The van der Waals surface area contributed by atoms with Crippen molar-refractivity contribution in [3.63, 3.8) is 0 Å². The number of fused-ring (bicyclic) bond motifs is 1. The summed E-state index contributed by atoms with van der Waals surface area (Å²) in [6, 6.07) is 11.8. The molecule has 26 heavy (non-hydrogen) atoms. The van der Waals surface area contributed by atoms with Crippen LogP contribution in [0.1, 0.15) is 30.0 Å². The summed E-state index contributed by atoms with van der Waals surface area (Å²) >= 11 is 0. The summed E-state index contributed by atoms with van der Waals surface area (Å²) in [6.45, 7) is 1.86. The molecule has 3 nitrogen and oxygen atoms in total. The number of hydrogen-bond acceptors (Lipinski definition) is 2. The van der Waals surface area contributed by atoms with E-state index in [4.69, 9.17) is 5.11 Å². The van der Waals surface area contributed by atoms with E-state index in [1.165, 1.54) is 12.1 Å². The van der Waals surface area contributed by atoms with Gasteiger partial charge in [0.15, 0.2) is 0 Å². The zero-order chi connectivity index (χ0) is 18.1. The number of rotatable bonds is 4. The number of carboxylic acids is 1. The van der Waals surface area contributed by atoms with Crippen molar-refractivity contribution in [1.82, 2.24) is 0 Å². The SMILES string of the molecule is CC1=C(CC(=O)O)c2cc(F)ccc2/C1=C/c1ccc(S(C)=O)cc1.[Na+]. The topological polar surface area (TPSA) is 54.4 Å². The minimum atomic E-state index is -1.04. The Morgan fingerprint density at radius 1 is 1.15 bits per heavy atom. The Bertz CT molecular complexity index is 946. The smallest absolute Gasteiger partial charge is 0.481 e. The second-order valence-corrected chi connectivity index (χ2v) is 7.32. The first kappa shape index (κ1) is 20.8. The van der Waals surface area contributed by atoms with Gasteiger partial charge in [-0.15, -0.1) is 0 Å². The van der Waals surface area contributed by atoms with Gasteiger partial charge in [-0.25, -0.2) is 4.39 Å². The first-order valence-electron chi connectivity index (χ1n) is 7.74. The van der Waals surface area contributed by atoms with Crippen LogP contribution >= 0.6 is 0 Å². The monoisotopic (exact) mass is 379 g/mol. The van der Waals surface area contributed by atoms with Gasteiger partial charge in [0.1, 0.15) is 5.82 Å². The van der Waals surface area contributed by atoms with Gasteiger partial charge < -0.3 is 5.11 Å². The largest absolute Gasteiger partial charge is 1.00 e. The number of carbonyl (C=O) groups is 1. The number of aliphatic carboxylic acids is 1. The van der Waals surface area contributed by atoms with Crippen LogP contribution in [0.15, 0.2) is 52.9 Å². The second-order valence-electron chi connectivity index (χ2n) is 5.95. The van der Waals surface area contributed by atoms with Gasteiger partial charge in [-0.05, 0) is 70.7 Å². The van der Waals surface area contributed by atoms with E-state index in [9.17, 15) is 13.4 Å². The van der Waals surface area contributed by atoms with Gasteiger partial charge in [0, 0.05) is 22.0 Å². The van der Waals surface area contributed by atoms with E-state index in [1.807, 2.05) is 25.1 Å². The summed E-state index contributed by atoms with van der Waals surface area (Å²) in [6.07, 6.45) is 3.43. The Labute approximate surface area is 176 Å². The van der Waals surface area contributed by atoms with Gasteiger partial charge in [-0.2, -0.15) is 0 Å². The van der Waals surface area contributed by atoms with Gasteiger partial charge in [0.25, 0.3) is 0 Å². The first-order chi connectivity index (χ1) is 11.9. The van der Waals surface area contributed by atoms with Crippen molar-refractivity contribution in [2.75, 3.05) is 6.26 Å². The molecular weight excluding hydrogens is 362 g/mol. The molecule has 1 N–H and O–H groups in total.